The van der Waals surface area contributed by atoms with Crippen LogP contribution in [0.25, 0.3) is 44.2 Å². The molecule has 0 aliphatic heterocycles. The SMILES string of the molecule is CC1(C)C2=CCCC=C2c2ccc(N(C3=CCC(c4ccccc4)C=C3)c3ccc(-c4ccc5c(c4)c4ccccc4n5-c4ccccc4)cc3)cc21. The van der Waals surface area contributed by atoms with Crippen molar-refractivity contribution in [1.82, 2.24) is 4.57 Å². The predicted molar refractivity (Wildman–Crippen MR) is 224 cm³/mol. The van der Waals surface area contributed by atoms with Crippen molar-refractivity contribution in [2.24, 2.45) is 0 Å². The van der Waals surface area contributed by atoms with Gasteiger partial charge in [-0.3, -0.25) is 0 Å². The van der Waals surface area contributed by atoms with Gasteiger partial charge in [0.15, 0.2) is 0 Å². The van der Waals surface area contributed by atoms with Crippen LogP contribution >= 0.6 is 0 Å². The van der Waals surface area contributed by atoms with Gasteiger partial charge in [0.1, 0.15) is 0 Å². The lowest BCUT2D eigenvalue weighted by atomic mass is 9.80. The average molecular weight is 683 g/mol. The third-order valence-corrected chi connectivity index (χ3v) is 11.8. The first kappa shape index (κ1) is 31.6. The van der Waals surface area contributed by atoms with Crippen molar-refractivity contribution in [3.05, 3.63) is 204 Å². The van der Waals surface area contributed by atoms with E-state index in [1.165, 1.54) is 77.8 Å². The summed E-state index contributed by atoms with van der Waals surface area (Å²) >= 11 is 0. The zero-order valence-corrected chi connectivity index (χ0v) is 30.3. The van der Waals surface area contributed by atoms with E-state index >= 15 is 0 Å². The van der Waals surface area contributed by atoms with E-state index in [9.17, 15) is 0 Å². The van der Waals surface area contributed by atoms with Gasteiger partial charge in [0.05, 0.1) is 11.0 Å². The van der Waals surface area contributed by atoms with E-state index in [2.05, 4.69) is 199 Å². The number of para-hydroxylation sites is 2. The van der Waals surface area contributed by atoms with E-state index in [1.54, 1.807) is 0 Å². The lowest BCUT2D eigenvalue weighted by Gasteiger charge is -2.30. The number of fused-ring (bicyclic) bond motifs is 6. The molecule has 53 heavy (non-hydrogen) atoms. The molecule has 3 aliphatic carbocycles. The largest absolute Gasteiger partial charge is 0.311 e. The molecule has 7 aromatic rings. The van der Waals surface area contributed by atoms with Crippen LogP contribution in [0.3, 0.4) is 0 Å². The lowest BCUT2D eigenvalue weighted by molar-refractivity contribution is 0.654. The van der Waals surface area contributed by atoms with Crippen LogP contribution < -0.4 is 4.90 Å². The molecular weight excluding hydrogens is 641 g/mol. The van der Waals surface area contributed by atoms with Crippen molar-refractivity contribution in [3.63, 3.8) is 0 Å². The zero-order valence-electron chi connectivity index (χ0n) is 30.3. The number of rotatable bonds is 6. The average Bonchev–Trinajstić information content (AvgIpc) is 3.67. The molecule has 2 nitrogen and oxygen atoms in total. The predicted octanol–water partition coefficient (Wildman–Crippen LogP) is 13.6. The highest BCUT2D eigenvalue weighted by Gasteiger charge is 2.39. The summed E-state index contributed by atoms with van der Waals surface area (Å²) in [6.45, 7) is 4.79. The molecule has 0 saturated carbocycles. The smallest absolute Gasteiger partial charge is 0.0541 e. The van der Waals surface area contributed by atoms with Crippen LogP contribution in [0, 0.1) is 0 Å². The van der Waals surface area contributed by atoms with Crippen molar-refractivity contribution in [2.75, 3.05) is 4.90 Å². The molecule has 256 valence electrons. The van der Waals surface area contributed by atoms with Crippen molar-refractivity contribution in [1.29, 1.82) is 0 Å². The highest BCUT2D eigenvalue weighted by molar-refractivity contribution is 6.10. The summed E-state index contributed by atoms with van der Waals surface area (Å²) in [5, 5.41) is 2.54. The van der Waals surface area contributed by atoms with Crippen LogP contribution in [-0.2, 0) is 5.41 Å². The minimum Gasteiger partial charge on any atom is -0.311 e. The Morgan fingerprint density at radius 2 is 1.30 bits per heavy atom. The summed E-state index contributed by atoms with van der Waals surface area (Å²) in [6, 6.07) is 53.6. The van der Waals surface area contributed by atoms with Gasteiger partial charge in [-0.1, -0.05) is 129 Å². The minimum absolute atomic E-state index is 0.0232. The Morgan fingerprint density at radius 1 is 0.604 bits per heavy atom. The summed E-state index contributed by atoms with van der Waals surface area (Å²) in [4.78, 5) is 2.46. The van der Waals surface area contributed by atoms with Crippen LogP contribution in [-0.4, -0.2) is 4.57 Å². The first-order valence-electron chi connectivity index (χ1n) is 19.0. The zero-order chi connectivity index (χ0) is 35.5. The summed E-state index contributed by atoms with van der Waals surface area (Å²) in [5.41, 5.74) is 16.7. The maximum Gasteiger partial charge on any atom is 0.0541 e. The molecule has 0 bridgehead atoms. The summed E-state index contributed by atoms with van der Waals surface area (Å²) in [7, 11) is 0. The Hall–Kier alpha value is -6.12. The van der Waals surface area contributed by atoms with E-state index in [4.69, 9.17) is 0 Å². The van der Waals surface area contributed by atoms with Gasteiger partial charge in [0, 0.05) is 44.9 Å². The fourth-order valence-corrected chi connectivity index (χ4v) is 9.07. The van der Waals surface area contributed by atoms with Gasteiger partial charge in [-0.2, -0.15) is 0 Å². The quantitative estimate of drug-likeness (QED) is 0.169. The number of hydrogen-bond donors (Lipinski definition) is 0. The maximum absolute atomic E-state index is 2.47. The van der Waals surface area contributed by atoms with E-state index in [0.717, 1.165) is 24.9 Å². The molecule has 1 heterocycles. The molecular formula is C51H42N2. The standard InChI is InChI=1S/C51H42N2/c1-51(2)47-19-11-9-17-43(47)44-31-30-42(34-48(44)51)52(40-26-21-36(22-27-40)35-13-5-3-6-14-35)41-28-23-37(24-29-41)38-25-32-50-46(33-38)45-18-10-12-20-49(45)53(50)39-15-7-4-8-16-39/h3-8,10,12-21,23-34,36H,9,11,22H2,1-2H3. The number of benzene rings is 6. The number of allylic oxidation sites excluding steroid dienone is 7. The Bertz CT molecular complexity index is 2650. The number of aromatic nitrogens is 1. The van der Waals surface area contributed by atoms with Crippen LogP contribution in [0.5, 0.6) is 0 Å². The Kier molecular flexibility index (Phi) is 7.47. The minimum atomic E-state index is -0.0232. The first-order valence-corrected chi connectivity index (χ1v) is 19.0. The summed E-state index contributed by atoms with van der Waals surface area (Å²) in [5.74, 6) is 0.382. The van der Waals surface area contributed by atoms with Crippen LogP contribution in [0.4, 0.5) is 11.4 Å². The van der Waals surface area contributed by atoms with E-state index < -0.39 is 0 Å². The second-order valence-corrected chi connectivity index (χ2v) is 15.2. The Balaban J connectivity index is 1.05. The summed E-state index contributed by atoms with van der Waals surface area (Å²) < 4.78 is 2.38. The fraction of sp³-hybridized carbons (Fsp3) is 0.137. The molecule has 0 amide bonds. The third kappa shape index (κ3) is 5.24. The topological polar surface area (TPSA) is 8.17 Å². The number of hydrogen-bond acceptors (Lipinski definition) is 1. The molecule has 10 rings (SSSR count). The van der Waals surface area contributed by atoms with Crippen molar-refractivity contribution in [2.45, 2.75) is 44.4 Å². The maximum atomic E-state index is 2.47. The van der Waals surface area contributed by atoms with Crippen LogP contribution in [0.2, 0.25) is 0 Å². The van der Waals surface area contributed by atoms with Crippen molar-refractivity contribution < 1.29 is 0 Å². The monoisotopic (exact) mass is 682 g/mol. The molecule has 2 heteroatoms. The fourth-order valence-electron chi connectivity index (χ4n) is 9.07. The van der Waals surface area contributed by atoms with Crippen molar-refractivity contribution >= 4 is 38.8 Å². The molecule has 0 radical (unpaired) electrons. The molecule has 0 saturated heterocycles. The molecule has 3 aliphatic rings. The van der Waals surface area contributed by atoms with Gasteiger partial charge < -0.3 is 9.47 Å². The highest BCUT2D eigenvalue weighted by Crippen LogP contribution is 2.53. The molecule has 0 fully saturated rings. The molecule has 1 aromatic heterocycles. The van der Waals surface area contributed by atoms with Gasteiger partial charge in [-0.25, -0.2) is 0 Å². The second-order valence-electron chi connectivity index (χ2n) is 15.2. The normalized spacial score (nSPS) is 17.2. The molecule has 1 unspecified atom stereocenters. The highest BCUT2D eigenvalue weighted by atomic mass is 15.1. The van der Waals surface area contributed by atoms with Gasteiger partial charge in [0.2, 0.25) is 0 Å². The van der Waals surface area contributed by atoms with Gasteiger partial charge in [0.25, 0.3) is 0 Å². The van der Waals surface area contributed by atoms with Gasteiger partial charge in [-0.05, 0) is 119 Å². The van der Waals surface area contributed by atoms with E-state index in [0.29, 0.717) is 5.92 Å². The van der Waals surface area contributed by atoms with E-state index in [-0.39, 0.29) is 5.41 Å². The van der Waals surface area contributed by atoms with Gasteiger partial charge in [-0.15, -0.1) is 0 Å². The van der Waals surface area contributed by atoms with Crippen LogP contribution in [0.1, 0.15) is 55.7 Å². The number of anilines is 2. The molecule has 1 atom stereocenters. The van der Waals surface area contributed by atoms with Crippen LogP contribution in [0.15, 0.2) is 187 Å². The second kappa shape index (κ2) is 12.5. The number of nitrogens with zero attached hydrogens (tertiary/aromatic N) is 2. The Labute approximate surface area is 312 Å². The Morgan fingerprint density at radius 3 is 2.09 bits per heavy atom. The summed E-state index contributed by atoms with van der Waals surface area (Å²) in [6.07, 6.45) is 15.3. The molecule has 0 spiro atoms. The molecule has 0 N–H and O–H groups in total. The first-order chi connectivity index (χ1) is 26.0. The molecule has 6 aromatic carbocycles. The lowest BCUT2D eigenvalue weighted by Crippen LogP contribution is -2.19. The van der Waals surface area contributed by atoms with E-state index in [1.807, 2.05) is 0 Å². The van der Waals surface area contributed by atoms with Crippen molar-refractivity contribution in [3.8, 4) is 16.8 Å². The third-order valence-electron chi connectivity index (χ3n) is 11.8. The van der Waals surface area contributed by atoms with Gasteiger partial charge >= 0.3 is 0 Å².